The molecule has 2 N–H and O–H groups in total. The van der Waals surface area contributed by atoms with E-state index < -0.39 is 0 Å². The molecule has 0 fully saturated rings. The van der Waals surface area contributed by atoms with E-state index in [9.17, 15) is 0 Å². The second-order valence-corrected chi connectivity index (χ2v) is 2.76. The third-order valence-corrected chi connectivity index (χ3v) is 0.612. The molecule has 0 radical (unpaired) electrons. The molecule has 2 heteroatoms. The quantitative estimate of drug-likeness (QED) is 0.583. The minimum Gasteiger partial charge on any atom is -0.330 e. The van der Waals surface area contributed by atoms with E-state index in [4.69, 9.17) is 5.73 Å². The van der Waals surface area contributed by atoms with Crippen molar-refractivity contribution in [3.05, 3.63) is 0 Å². The van der Waals surface area contributed by atoms with Crippen LogP contribution in [0.3, 0.4) is 0 Å². The van der Waals surface area contributed by atoms with Crippen molar-refractivity contribution in [1.82, 2.24) is 0 Å². The zero-order chi connectivity index (χ0) is 5.21. The van der Waals surface area contributed by atoms with Crippen molar-refractivity contribution in [2.45, 2.75) is 20.8 Å². The molecule has 1 nitrogen and oxygen atoms in total. The third-order valence-electron chi connectivity index (χ3n) is 0.612. The largest absolute Gasteiger partial charge is 0.330 e. The van der Waals surface area contributed by atoms with Gasteiger partial charge in [-0.3, -0.25) is 0 Å². The molecule has 0 saturated heterocycles. The van der Waals surface area contributed by atoms with Gasteiger partial charge in [-0.2, -0.15) is 0 Å². The Labute approximate surface area is 56.1 Å². The second kappa shape index (κ2) is 3.44. The van der Waals surface area contributed by atoms with Gasteiger partial charge >= 0.3 is 0 Å². The predicted octanol–water partition coefficient (Wildman–Crippen LogP) is 1.57. The van der Waals surface area contributed by atoms with Crippen LogP contribution < -0.4 is 5.73 Å². The lowest BCUT2D eigenvalue weighted by Gasteiger charge is -2.12. The molecule has 0 rings (SSSR count). The number of rotatable bonds is 0. The molecule has 0 aromatic rings. The van der Waals surface area contributed by atoms with Gasteiger partial charge in [0, 0.05) is 0 Å². The van der Waals surface area contributed by atoms with Crippen LogP contribution in [0.1, 0.15) is 20.8 Å². The summed E-state index contributed by atoms with van der Waals surface area (Å²) in [5.41, 5.74) is 5.62. The van der Waals surface area contributed by atoms with Gasteiger partial charge in [-0.1, -0.05) is 20.8 Å². The van der Waals surface area contributed by atoms with Gasteiger partial charge in [0.1, 0.15) is 0 Å². The van der Waals surface area contributed by atoms with E-state index in [1.54, 1.807) is 0 Å². The summed E-state index contributed by atoms with van der Waals surface area (Å²) < 4.78 is 0. The van der Waals surface area contributed by atoms with E-state index in [1.807, 2.05) is 0 Å². The summed E-state index contributed by atoms with van der Waals surface area (Å²) in [5.74, 6) is 0. The lowest BCUT2D eigenvalue weighted by atomic mass is 9.98. The van der Waals surface area contributed by atoms with Crippen molar-refractivity contribution < 1.29 is 0 Å². The Morgan fingerprint density at radius 3 is 1.43 bits per heavy atom. The van der Waals surface area contributed by atoms with Crippen LogP contribution in [0, 0.1) is 5.41 Å². The Hall–Kier alpha value is 0.440. The van der Waals surface area contributed by atoms with E-state index in [2.05, 4.69) is 20.8 Å². The molecule has 0 aliphatic heterocycles. The highest BCUT2D eigenvalue weighted by molar-refractivity contribution is 8.93. The van der Waals surface area contributed by atoms with Crippen LogP contribution in [0.5, 0.6) is 0 Å². The molecule has 0 saturated carbocycles. The van der Waals surface area contributed by atoms with E-state index in [1.165, 1.54) is 0 Å². The van der Waals surface area contributed by atoms with Crippen molar-refractivity contribution in [1.29, 1.82) is 0 Å². The molecule has 0 aliphatic carbocycles. The van der Waals surface area contributed by atoms with E-state index in [0.29, 0.717) is 5.41 Å². The van der Waals surface area contributed by atoms with Crippen molar-refractivity contribution in [2.75, 3.05) is 6.54 Å². The molecule has 0 aliphatic rings. The predicted molar refractivity (Wildman–Crippen MR) is 38.8 cm³/mol. The first-order valence-corrected chi connectivity index (χ1v) is 2.26. The minimum atomic E-state index is 0. The SMILES string of the molecule is Br.CC(C)(C)CN. The van der Waals surface area contributed by atoms with Gasteiger partial charge in [-0.15, -0.1) is 17.0 Å². The molecule has 0 atom stereocenters. The van der Waals surface area contributed by atoms with Crippen molar-refractivity contribution >= 4 is 17.0 Å². The Morgan fingerprint density at radius 2 is 1.43 bits per heavy atom. The molecule has 7 heavy (non-hydrogen) atoms. The normalized spacial score (nSPS) is 10.3. The van der Waals surface area contributed by atoms with Crippen LogP contribution in [0.15, 0.2) is 0 Å². The molecular weight excluding hydrogens is 154 g/mol. The molecule has 0 heterocycles. The van der Waals surface area contributed by atoms with E-state index in [0.717, 1.165) is 6.54 Å². The lowest BCUT2D eigenvalue weighted by Crippen LogP contribution is -2.18. The Kier molecular flexibility index (Phi) is 5.13. The van der Waals surface area contributed by atoms with Crippen LogP contribution in [0.2, 0.25) is 0 Å². The topological polar surface area (TPSA) is 26.0 Å². The highest BCUT2D eigenvalue weighted by atomic mass is 79.9. The van der Waals surface area contributed by atoms with Gasteiger partial charge in [0.2, 0.25) is 0 Å². The molecule has 0 aromatic carbocycles. The third kappa shape index (κ3) is 10.7. The lowest BCUT2D eigenvalue weighted by molar-refractivity contribution is 0.428. The first-order chi connectivity index (χ1) is 2.56. The fraction of sp³-hybridized carbons (Fsp3) is 1.00. The number of halogens is 1. The number of hydrogen-bond donors (Lipinski definition) is 1. The highest BCUT2D eigenvalue weighted by Gasteiger charge is 2.03. The maximum absolute atomic E-state index is 5.31. The van der Waals surface area contributed by atoms with Gasteiger partial charge in [0.15, 0.2) is 0 Å². The maximum atomic E-state index is 5.31. The smallest absolute Gasteiger partial charge is 0.00285 e. The average molecular weight is 168 g/mol. The Bertz CT molecular complexity index is 37.8. The summed E-state index contributed by atoms with van der Waals surface area (Å²) in [6.07, 6.45) is 0. The van der Waals surface area contributed by atoms with Gasteiger partial charge in [0.25, 0.3) is 0 Å². The molecule has 0 amide bonds. The number of nitrogens with two attached hydrogens (primary N) is 1. The van der Waals surface area contributed by atoms with Gasteiger partial charge in [-0.05, 0) is 12.0 Å². The van der Waals surface area contributed by atoms with Gasteiger partial charge in [0.05, 0.1) is 0 Å². The van der Waals surface area contributed by atoms with Crippen molar-refractivity contribution in [2.24, 2.45) is 11.1 Å². The molecule has 0 aromatic heterocycles. The zero-order valence-corrected chi connectivity index (χ0v) is 6.91. The maximum Gasteiger partial charge on any atom is -0.00285 e. The summed E-state index contributed by atoms with van der Waals surface area (Å²) in [5, 5.41) is 0. The van der Waals surface area contributed by atoms with Gasteiger partial charge in [-0.25, -0.2) is 0 Å². The summed E-state index contributed by atoms with van der Waals surface area (Å²) in [4.78, 5) is 0. The van der Waals surface area contributed by atoms with Crippen LogP contribution in [-0.4, -0.2) is 6.54 Å². The standard InChI is InChI=1S/C5H13N.BrH/c1-5(2,3)4-6;/h4,6H2,1-3H3;1H. The van der Waals surface area contributed by atoms with E-state index >= 15 is 0 Å². The Balaban J connectivity index is 0. The molecule has 0 unspecified atom stereocenters. The zero-order valence-electron chi connectivity index (χ0n) is 5.19. The fourth-order valence-corrected chi connectivity index (χ4v) is 0. The fourth-order valence-electron chi connectivity index (χ4n) is 0. The first-order valence-electron chi connectivity index (χ1n) is 2.26. The first kappa shape index (κ1) is 10.4. The van der Waals surface area contributed by atoms with Gasteiger partial charge < -0.3 is 5.73 Å². The van der Waals surface area contributed by atoms with Crippen LogP contribution >= 0.6 is 17.0 Å². The van der Waals surface area contributed by atoms with Crippen LogP contribution in [-0.2, 0) is 0 Å². The molecule has 0 spiro atoms. The minimum absolute atomic E-state index is 0. The van der Waals surface area contributed by atoms with Crippen LogP contribution in [0.4, 0.5) is 0 Å². The highest BCUT2D eigenvalue weighted by Crippen LogP contribution is 2.07. The summed E-state index contributed by atoms with van der Waals surface area (Å²) in [6, 6.07) is 0. The average Bonchev–Trinajstić information content (AvgIpc) is 1.35. The summed E-state index contributed by atoms with van der Waals surface area (Å²) >= 11 is 0. The monoisotopic (exact) mass is 167 g/mol. The van der Waals surface area contributed by atoms with Crippen LogP contribution in [0.25, 0.3) is 0 Å². The number of hydrogen-bond acceptors (Lipinski definition) is 1. The van der Waals surface area contributed by atoms with E-state index in [-0.39, 0.29) is 17.0 Å². The molecule has 46 valence electrons. The van der Waals surface area contributed by atoms with Crippen molar-refractivity contribution in [3.63, 3.8) is 0 Å². The Morgan fingerprint density at radius 1 is 1.29 bits per heavy atom. The van der Waals surface area contributed by atoms with Crippen molar-refractivity contribution in [3.8, 4) is 0 Å². The second-order valence-electron chi connectivity index (χ2n) is 2.76. The summed E-state index contributed by atoms with van der Waals surface area (Å²) in [6.45, 7) is 7.12. The molecular formula is C5H14BrN. The summed E-state index contributed by atoms with van der Waals surface area (Å²) in [7, 11) is 0. The molecule has 0 bridgehead atoms.